The summed E-state index contributed by atoms with van der Waals surface area (Å²) in [4.78, 5) is 19.1. The van der Waals surface area contributed by atoms with Crippen LogP contribution < -0.4 is 0 Å². The van der Waals surface area contributed by atoms with E-state index in [1.165, 1.54) is 0 Å². The van der Waals surface area contributed by atoms with Gasteiger partial charge in [-0.05, 0) is 18.6 Å². The zero-order valence-electron chi connectivity index (χ0n) is 8.42. The summed E-state index contributed by atoms with van der Waals surface area (Å²) in [7, 11) is 0. The number of imidazole rings is 1. The predicted molar refractivity (Wildman–Crippen MR) is 55.7 cm³/mol. The monoisotopic (exact) mass is 201 g/mol. The minimum Gasteiger partial charge on any atom is -0.300 e. The molecule has 0 fully saturated rings. The van der Waals surface area contributed by atoms with E-state index < -0.39 is 0 Å². The highest BCUT2D eigenvalue weighted by atomic mass is 16.1. The van der Waals surface area contributed by atoms with Gasteiger partial charge in [0.05, 0.1) is 0 Å². The van der Waals surface area contributed by atoms with Crippen LogP contribution in [-0.2, 0) is 11.2 Å². The van der Waals surface area contributed by atoms with E-state index in [1.807, 2.05) is 22.9 Å². The molecule has 4 nitrogen and oxygen atoms in total. The maximum Gasteiger partial charge on any atom is 0.137 e. The fourth-order valence-corrected chi connectivity index (χ4v) is 1.36. The molecule has 2 aromatic rings. The maximum atomic E-state index is 10.9. The first-order chi connectivity index (χ1) is 7.25. The molecule has 76 valence electrons. The number of ketones is 1. The van der Waals surface area contributed by atoms with Crippen molar-refractivity contribution in [2.45, 2.75) is 13.3 Å². The summed E-state index contributed by atoms with van der Waals surface area (Å²) < 4.78 is 1.82. The molecule has 4 heteroatoms. The number of pyridine rings is 1. The first kappa shape index (κ1) is 9.58. The molecule has 2 heterocycles. The van der Waals surface area contributed by atoms with Gasteiger partial charge in [-0.2, -0.15) is 0 Å². The lowest BCUT2D eigenvalue weighted by Gasteiger charge is -2.01. The SMILES string of the molecule is CC(=O)Cc1ccc(-n2ccnc2)nc1. The molecule has 0 bridgehead atoms. The minimum absolute atomic E-state index is 0.146. The second-order valence-electron chi connectivity index (χ2n) is 3.37. The summed E-state index contributed by atoms with van der Waals surface area (Å²) in [5.74, 6) is 0.951. The lowest BCUT2D eigenvalue weighted by atomic mass is 10.1. The Morgan fingerprint density at radius 1 is 1.47 bits per heavy atom. The Morgan fingerprint density at radius 2 is 2.33 bits per heavy atom. The number of nitrogens with zero attached hydrogens (tertiary/aromatic N) is 3. The lowest BCUT2D eigenvalue weighted by molar-refractivity contribution is -0.116. The first-order valence-electron chi connectivity index (χ1n) is 4.68. The molecular weight excluding hydrogens is 190 g/mol. The van der Waals surface area contributed by atoms with E-state index in [0.717, 1.165) is 11.4 Å². The topological polar surface area (TPSA) is 47.8 Å². The molecule has 0 spiro atoms. The summed E-state index contributed by atoms with van der Waals surface area (Å²) >= 11 is 0. The van der Waals surface area contributed by atoms with Crippen molar-refractivity contribution in [3.05, 3.63) is 42.6 Å². The number of aromatic nitrogens is 3. The third-order valence-corrected chi connectivity index (χ3v) is 2.03. The normalized spacial score (nSPS) is 10.2. The average Bonchev–Trinajstić information content (AvgIpc) is 2.71. The van der Waals surface area contributed by atoms with Crippen molar-refractivity contribution in [3.63, 3.8) is 0 Å². The molecule has 0 aliphatic heterocycles. The summed E-state index contributed by atoms with van der Waals surface area (Å²) in [5, 5.41) is 0. The molecule has 0 aliphatic carbocycles. The zero-order chi connectivity index (χ0) is 10.7. The van der Waals surface area contributed by atoms with E-state index >= 15 is 0 Å². The van der Waals surface area contributed by atoms with E-state index in [4.69, 9.17) is 0 Å². The molecule has 0 unspecified atom stereocenters. The highest BCUT2D eigenvalue weighted by Gasteiger charge is 2.00. The second-order valence-corrected chi connectivity index (χ2v) is 3.37. The highest BCUT2D eigenvalue weighted by molar-refractivity contribution is 5.78. The van der Waals surface area contributed by atoms with Crippen LogP contribution >= 0.6 is 0 Å². The Labute approximate surface area is 87.6 Å². The molecular formula is C11H11N3O. The van der Waals surface area contributed by atoms with Gasteiger partial charge < -0.3 is 0 Å². The molecule has 15 heavy (non-hydrogen) atoms. The highest BCUT2D eigenvalue weighted by Crippen LogP contribution is 2.05. The van der Waals surface area contributed by atoms with Crippen LogP contribution in [0.2, 0.25) is 0 Å². The molecule has 0 N–H and O–H groups in total. The van der Waals surface area contributed by atoms with Crippen LogP contribution in [0.1, 0.15) is 12.5 Å². The van der Waals surface area contributed by atoms with E-state index in [-0.39, 0.29) is 5.78 Å². The van der Waals surface area contributed by atoms with Gasteiger partial charge in [0.15, 0.2) is 0 Å². The minimum atomic E-state index is 0.146. The summed E-state index contributed by atoms with van der Waals surface area (Å²) in [6.45, 7) is 1.57. The molecule has 2 aromatic heterocycles. The van der Waals surface area contributed by atoms with E-state index in [2.05, 4.69) is 9.97 Å². The average molecular weight is 201 g/mol. The van der Waals surface area contributed by atoms with E-state index in [1.54, 1.807) is 25.6 Å². The van der Waals surface area contributed by atoms with Crippen LogP contribution in [0.3, 0.4) is 0 Å². The summed E-state index contributed by atoms with van der Waals surface area (Å²) in [6.07, 6.45) is 7.37. The summed E-state index contributed by atoms with van der Waals surface area (Å²) in [5.41, 5.74) is 0.936. The van der Waals surface area contributed by atoms with Gasteiger partial charge in [-0.15, -0.1) is 0 Å². The van der Waals surface area contributed by atoms with Gasteiger partial charge >= 0.3 is 0 Å². The number of carbonyl (C=O) groups excluding carboxylic acids is 1. The van der Waals surface area contributed by atoms with Crippen molar-refractivity contribution in [1.29, 1.82) is 0 Å². The standard InChI is InChI=1S/C11H11N3O/c1-9(15)6-10-2-3-11(13-7-10)14-5-4-12-8-14/h2-5,7-8H,6H2,1H3. The van der Waals surface area contributed by atoms with Gasteiger partial charge in [-0.3, -0.25) is 9.36 Å². The van der Waals surface area contributed by atoms with Crippen LogP contribution in [0.4, 0.5) is 0 Å². The van der Waals surface area contributed by atoms with Crippen molar-refractivity contribution >= 4 is 5.78 Å². The smallest absolute Gasteiger partial charge is 0.137 e. The number of carbonyl (C=O) groups is 1. The molecule has 0 atom stereocenters. The van der Waals surface area contributed by atoms with Gasteiger partial charge in [0.2, 0.25) is 0 Å². The zero-order valence-corrected chi connectivity index (χ0v) is 8.42. The van der Waals surface area contributed by atoms with Crippen LogP contribution in [0.25, 0.3) is 5.82 Å². The molecule has 0 saturated carbocycles. The molecule has 0 saturated heterocycles. The number of hydrogen-bond donors (Lipinski definition) is 0. The van der Waals surface area contributed by atoms with Gasteiger partial charge in [0.25, 0.3) is 0 Å². The molecule has 0 aromatic carbocycles. The van der Waals surface area contributed by atoms with Gasteiger partial charge in [-0.1, -0.05) is 6.07 Å². The number of Topliss-reactive ketones (excluding diaryl/α,β-unsaturated/α-hetero) is 1. The second kappa shape index (κ2) is 4.04. The molecule has 0 aliphatic rings. The fraction of sp³-hybridized carbons (Fsp3) is 0.182. The van der Waals surface area contributed by atoms with Crippen molar-refractivity contribution in [2.75, 3.05) is 0 Å². The Hall–Kier alpha value is -1.97. The number of rotatable bonds is 3. The Bertz CT molecular complexity index is 445. The largest absolute Gasteiger partial charge is 0.300 e. The van der Waals surface area contributed by atoms with Crippen molar-refractivity contribution in [1.82, 2.24) is 14.5 Å². The van der Waals surface area contributed by atoms with Crippen molar-refractivity contribution < 1.29 is 4.79 Å². The van der Waals surface area contributed by atoms with Crippen LogP contribution in [0.5, 0.6) is 0 Å². The summed E-state index contributed by atoms with van der Waals surface area (Å²) in [6, 6.07) is 3.78. The first-order valence-corrected chi connectivity index (χ1v) is 4.68. The van der Waals surface area contributed by atoms with E-state index in [0.29, 0.717) is 6.42 Å². The van der Waals surface area contributed by atoms with Gasteiger partial charge in [0.1, 0.15) is 17.9 Å². The van der Waals surface area contributed by atoms with Crippen LogP contribution in [0, 0.1) is 0 Å². The molecule has 2 rings (SSSR count). The van der Waals surface area contributed by atoms with Crippen molar-refractivity contribution in [3.8, 4) is 5.82 Å². The number of hydrogen-bond acceptors (Lipinski definition) is 3. The van der Waals surface area contributed by atoms with Crippen LogP contribution in [-0.4, -0.2) is 20.3 Å². The van der Waals surface area contributed by atoms with Crippen molar-refractivity contribution in [2.24, 2.45) is 0 Å². The quantitative estimate of drug-likeness (QED) is 0.754. The molecule has 0 amide bonds. The Balaban J connectivity index is 2.21. The Morgan fingerprint density at radius 3 is 2.87 bits per heavy atom. The third-order valence-electron chi connectivity index (χ3n) is 2.03. The predicted octanol–water partition coefficient (Wildman–Crippen LogP) is 1.40. The van der Waals surface area contributed by atoms with Crippen LogP contribution in [0.15, 0.2) is 37.1 Å². The van der Waals surface area contributed by atoms with Gasteiger partial charge in [0, 0.05) is 25.0 Å². The van der Waals surface area contributed by atoms with Gasteiger partial charge in [-0.25, -0.2) is 9.97 Å². The maximum absolute atomic E-state index is 10.9. The Kier molecular flexibility index (Phi) is 2.58. The third kappa shape index (κ3) is 2.28. The fourth-order valence-electron chi connectivity index (χ4n) is 1.36. The van der Waals surface area contributed by atoms with E-state index in [9.17, 15) is 4.79 Å². The lowest BCUT2D eigenvalue weighted by Crippen LogP contribution is -1.99. The molecule has 0 radical (unpaired) electrons.